The van der Waals surface area contributed by atoms with Crippen LogP contribution in [-0.4, -0.2) is 15.7 Å². The van der Waals surface area contributed by atoms with Crippen molar-refractivity contribution in [2.24, 2.45) is 5.92 Å². The Kier molecular flexibility index (Phi) is 3.79. The van der Waals surface area contributed by atoms with Crippen molar-refractivity contribution in [2.75, 3.05) is 5.73 Å². The largest absolute Gasteiger partial charge is 0.489 e. The quantitative estimate of drug-likeness (QED) is 0.918. The van der Waals surface area contributed by atoms with Crippen LogP contribution in [0.25, 0.3) is 11.0 Å². The van der Waals surface area contributed by atoms with E-state index in [-0.39, 0.29) is 6.10 Å². The number of rotatable bonds is 4. The van der Waals surface area contributed by atoms with Crippen molar-refractivity contribution in [1.29, 1.82) is 0 Å². The lowest BCUT2D eigenvalue weighted by atomic mass is 9.99. The zero-order valence-electron chi connectivity index (χ0n) is 13.2. The average Bonchev–Trinajstić information content (AvgIpc) is 3.05. The summed E-state index contributed by atoms with van der Waals surface area (Å²) < 4.78 is 8.06. The molecule has 21 heavy (non-hydrogen) atoms. The SMILES string of the molecule is CC(C)Oc1cccc2c1nc(N)n2C(C)C1CCCC1. The summed E-state index contributed by atoms with van der Waals surface area (Å²) in [5.74, 6) is 2.13. The maximum atomic E-state index is 6.22. The molecule has 2 N–H and O–H groups in total. The molecule has 114 valence electrons. The predicted octanol–water partition coefficient (Wildman–Crippen LogP) is 4.16. The van der Waals surface area contributed by atoms with E-state index in [1.165, 1.54) is 25.7 Å². The van der Waals surface area contributed by atoms with E-state index >= 15 is 0 Å². The van der Waals surface area contributed by atoms with E-state index in [1.807, 2.05) is 26.0 Å². The Labute approximate surface area is 126 Å². The van der Waals surface area contributed by atoms with Crippen LogP contribution in [0.1, 0.15) is 52.5 Å². The van der Waals surface area contributed by atoms with Gasteiger partial charge in [-0.3, -0.25) is 0 Å². The minimum absolute atomic E-state index is 0.134. The molecule has 0 saturated heterocycles. The molecule has 1 saturated carbocycles. The van der Waals surface area contributed by atoms with Crippen LogP contribution in [0.2, 0.25) is 0 Å². The van der Waals surface area contributed by atoms with Gasteiger partial charge in [0.15, 0.2) is 0 Å². The number of imidazole rings is 1. The molecule has 1 aliphatic rings. The molecule has 0 amide bonds. The highest BCUT2D eigenvalue weighted by molar-refractivity contribution is 5.84. The summed E-state index contributed by atoms with van der Waals surface area (Å²) in [6.07, 6.45) is 5.39. The van der Waals surface area contributed by atoms with Gasteiger partial charge in [-0.25, -0.2) is 4.98 Å². The summed E-state index contributed by atoms with van der Waals surface area (Å²) in [6.45, 7) is 6.32. The number of nitrogen functional groups attached to an aromatic ring is 1. The number of anilines is 1. The van der Waals surface area contributed by atoms with Gasteiger partial charge in [-0.2, -0.15) is 0 Å². The van der Waals surface area contributed by atoms with Gasteiger partial charge in [0, 0.05) is 6.04 Å². The van der Waals surface area contributed by atoms with Gasteiger partial charge in [0.05, 0.1) is 11.6 Å². The first-order valence-electron chi connectivity index (χ1n) is 8.01. The molecule has 1 fully saturated rings. The van der Waals surface area contributed by atoms with E-state index in [0.29, 0.717) is 17.9 Å². The van der Waals surface area contributed by atoms with Crippen molar-refractivity contribution in [3.63, 3.8) is 0 Å². The van der Waals surface area contributed by atoms with Crippen LogP contribution in [0.5, 0.6) is 5.75 Å². The van der Waals surface area contributed by atoms with Crippen LogP contribution in [-0.2, 0) is 0 Å². The summed E-state index contributed by atoms with van der Waals surface area (Å²) in [6, 6.07) is 6.49. The Balaban J connectivity index is 2.04. The summed E-state index contributed by atoms with van der Waals surface area (Å²) in [7, 11) is 0. The molecule has 0 bridgehead atoms. The second-order valence-electron chi connectivity index (χ2n) is 6.42. The summed E-state index contributed by atoms with van der Waals surface area (Å²) in [4.78, 5) is 4.57. The fraction of sp³-hybridized carbons (Fsp3) is 0.588. The van der Waals surface area contributed by atoms with Gasteiger partial charge >= 0.3 is 0 Å². The maximum absolute atomic E-state index is 6.22. The molecule has 0 radical (unpaired) electrons. The number of nitrogens with two attached hydrogens (primary N) is 1. The van der Waals surface area contributed by atoms with E-state index in [2.05, 4.69) is 22.5 Å². The molecule has 3 rings (SSSR count). The molecular formula is C17H25N3O. The number of para-hydroxylation sites is 1. The monoisotopic (exact) mass is 287 g/mol. The van der Waals surface area contributed by atoms with E-state index in [1.54, 1.807) is 0 Å². The molecule has 0 aliphatic heterocycles. The van der Waals surface area contributed by atoms with E-state index in [0.717, 1.165) is 16.8 Å². The Morgan fingerprint density at radius 1 is 1.24 bits per heavy atom. The summed E-state index contributed by atoms with van der Waals surface area (Å²) in [5.41, 5.74) is 8.19. The number of hydrogen-bond acceptors (Lipinski definition) is 3. The molecular weight excluding hydrogens is 262 g/mol. The highest BCUT2D eigenvalue weighted by Crippen LogP contribution is 2.38. The third kappa shape index (κ3) is 2.59. The minimum Gasteiger partial charge on any atom is -0.489 e. The van der Waals surface area contributed by atoms with E-state index in [9.17, 15) is 0 Å². The number of benzene rings is 1. The fourth-order valence-electron chi connectivity index (χ4n) is 3.54. The van der Waals surface area contributed by atoms with Crippen LogP contribution in [0.15, 0.2) is 18.2 Å². The molecule has 0 spiro atoms. The van der Waals surface area contributed by atoms with Crippen molar-refractivity contribution in [2.45, 2.75) is 58.6 Å². The van der Waals surface area contributed by atoms with Gasteiger partial charge in [0.2, 0.25) is 5.95 Å². The maximum Gasteiger partial charge on any atom is 0.201 e. The van der Waals surface area contributed by atoms with Gasteiger partial charge in [-0.05, 0) is 51.7 Å². The Morgan fingerprint density at radius 3 is 2.62 bits per heavy atom. The molecule has 4 nitrogen and oxygen atoms in total. The van der Waals surface area contributed by atoms with Crippen molar-refractivity contribution in [1.82, 2.24) is 9.55 Å². The van der Waals surface area contributed by atoms with Crippen LogP contribution >= 0.6 is 0 Å². The second kappa shape index (κ2) is 5.58. The molecule has 1 aliphatic carbocycles. The standard InChI is InChI=1S/C17H25N3O/c1-11(2)21-15-10-6-9-14-16(15)19-17(18)20(14)12(3)13-7-4-5-8-13/h6,9-13H,4-5,7-8H2,1-3H3,(H2,18,19). The number of ether oxygens (including phenoxy) is 1. The Morgan fingerprint density at radius 2 is 1.95 bits per heavy atom. The molecule has 1 atom stereocenters. The highest BCUT2D eigenvalue weighted by atomic mass is 16.5. The predicted molar refractivity (Wildman–Crippen MR) is 86.6 cm³/mol. The zero-order valence-corrected chi connectivity index (χ0v) is 13.2. The number of fused-ring (bicyclic) bond motifs is 1. The average molecular weight is 287 g/mol. The first kappa shape index (κ1) is 14.2. The smallest absolute Gasteiger partial charge is 0.201 e. The number of nitrogens with zero attached hydrogens (tertiary/aromatic N) is 2. The second-order valence-corrected chi connectivity index (χ2v) is 6.42. The number of aromatic nitrogens is 2. The van der Waals surface area contributed by atoms with Gasteiger partial charge in [0.25, 0.3) is 0 Å². The van der Waals surface area contributed by atoms with Gasteiger partial charge < -0.3 is 15.0 Å². The van der Waals surface area contributed by atoms with Crippen molar-refractivity contribution in [3.05, 3.63) is 18.2 Å². The van der Waals surface area contributed by atoms with Gasteiger partial charge in [-0.1, -0.05) is 18.9 Å². The zero-order chi connectivity index (χ0) is 15.0. The highest BCUT2D eigenvalue weighted by Gasteiger charge is 2.26. The van der Waals surface area contributed by atoms with Crippen LogP contribution in [0.3, 0.4) is 0 Å². The van der Waals surface area contributed by atoms with Gasteiger partial charge in [0.1, 0.15) is 11.3 Å². The molecule has 1 aromatic heterocycles. The molecule has 4 heteroatoms. The topological polar surface area (TPSA) is 53.1 Å². The third-order valence-corrected chi connectivity index (χ3v) is 4.56. The summed E-state index contributed by atoms with van der Waals surface area (Å²) in [5, 5.41) is 0. The van der Waals surface area contributed by atoms with E-state index < -0.39 is 0 Å². The molecule has 1 unspecified atom stereocenters. The van der Waals surface area contributed by atoms with Crippen molar-refractivity contribution in [3.8, 4) is 5.75 Å². The normalized spacial score (nSPS) is 17.7. The third-order valence-electron chi connectivity index (χ3n) is 4.56. The number of hydrogen-bond donors (Lipinski definition) is 1. The fourth-order valence-corrected chi connectivity index (χ4v) is 3.54. The first-order valence-corrected chi connectivity index (χ1v) is 8.01. The molecule has 1 aromatic carbocycles. The minimum atomic E-state index is 0.134. The van der Waals surface area contributed by atoms with Gasteiger partial charge in [-0.15, -0.1) is 0 Å². The molecule has 2 aromatic rings. The molecule has 1 heterocycles. The van der Waals surface area contributed by atoms with Crippen molar-refractivity contribution < 1.29 is 4.74 Å². The summed E-state index contributed by atoms with van der Waals surface area (Å²) >= 11 is 0. The van der Waals surface area contributed by atoms with Crippen LogP contribution in [0.4, 0.5) is 5.95 Å². The van der Waals surface area contributed by atoms with Crippen LogP contribution < -0.4 is 10.5 Å². The Bertz CT molecular complexity index is 626. The lowest BCUT2D eigenvalue weighted by Gasteiger charge is -2.22. The van der Waals surface area contributed by atoms with Crippen LogP contribution in [0, 0.1) is 5.92 Å². The first-order chi connectivity index (χ1) is 10.1. The van der Waals surface area contributed by atoms with E-state index in [4.69, 9.17) is 10.5 Å². The lowest BCUT2D eigenvalue weighted by molar-refractivity contribution is 0.245. The lowest BCUT2D eigenvalue weighted by Crippen LogP contribution is -2.16. The van der Waals surface area contributed by atoms with Crippen molar-refractivity contribution >= 4 is 17.0 Å². The Hall–Kier alpha value is -1.71.